The third-order valence-corrected chi connectivity index (χ3v) is 10.8. The fraction of sp³-hybridized carbons (Fsp3) is 0.395. The highest BCUT2D eigenvalue weighted by Crippen LogP contribution is 2.31. The van der Waals surface area contributed by atoms with Crippen LogP contribution in [0.4, 0.5) is 30.4 Å². The molecular formula is C38H41F3N10O2. The minimum atomic E-state index is -1.08. The Labute approximate surface area is 304 Å². The smallest absolute Gasteiger partial charge is 0.234 e. The molecule has 53 heavy (non-hydrogen) atoms. The molecule has 0 bridgehead atoms. The topological polar surface area (TPSA) is 116 Å². The van der Waals surface area contributed by atoms with Gasteiger partial charge in [0.1, 0.15) is 17.8 Å². The van der Waals surface area contributed by atoms with E-state index in [4.69, 9.17) is 0 Å². The monoisotopic (exact) mass is 726 g/mol. The molecule has 0 aliphatic carbocycles. The van der Waals surface area contributed by atoms with E-state index in [1.54, 1.807) is 40.8 Å². The Kier molecular flexibility index (Phi) is 9.60. The molecule has 1 unspecified atom stereocenters. The summed E-state index contributed by atoms with van der Waals surface area (Å²) in [6.45, 7) is 7.96. The Hall–Kier alpha value is -5.28. The summed E-state index contributed by atoms with van der Waals surface area (Å²) in [5.74, 6) is -1.58. The van der Waals surface area contributed by atoms with Crippen molar-refractivity contribution in [2.45, 2.75) is 44.3 Å². The average molecular weight is 727 g/mol. The van der Waals surface area contributed by atoms with Crippen LogP contribution in [-0.4, -0.2) is 104 Å². The second-order valence-electron chi connectivity index (χ2n) is 14.1. The molecule has 2 N–H and O–H groups in total. The molecule has 3 atom stereocenters. The summed E-state index contributed by atoms with van der Waals surface area (Å²) in [5, 5.41) is 10.1. The number of benzene rings is 2. The number of hydrogen-bond acceptors (Lipinski definition) is 9. The van der Waals surface area contributed by atoms with Crippen molar-refractivity contribution in [3.63, 3.8) is 0 Å². The van der Waals surface area contributed by atoms with Crippen molar-refractivity contribution in [2.24, 2.45) is 0 Å². The Morgan fingerprint density at radius 1 is 0.925 bits per heavy atom. The van der Waals surface area contributed by atoms with Gasteiger partial charge in [0.05, 0.1) is 35.7 Å². The van der Waals surface area contributed by atoms with E-state index >= 15 is 4.39 Å². The third kappa shape index (κ3) is 7.22. The Bertz CT molecular complexity index is 2130. The standard InChI is InChI=1S/C38H41F3N10O2/c1-24-18-29(31(40)19-30(24)39)34-21-43-36(37-42-9-11-50(34)37)45-26-20-44-51(22-26)33-8-10-48(23-32(33)41)13-12-47-14-16-49(17-15-47)27-4-2-25(3-5-27)28-6-7-35(52)46-38(28)53/h2-5,9,11,18-22,28,32-33H,6-8,10,12-17,23H2,1H3,(H,43,45)(H,46,52,53)/t28?,32-,33+/m1/s1. The van der Waals surface area contributed by atoms with E-state index in [1.807, 2.05) is 12.1 Å². The maximum absolute atomic E-state index is 15.6. The van der Waals surface area contributed by atoms with Gasteiger partial charge in [-0.2, -0.15) is 5.10 Å². The van der Waals surface area contributed by atoms with E-state index < -0.39 is 23.8 Å². The molecular weight excluding hydrogens is 685 g/mol. The number of hydrogen-bond donors (Lipinski definition) is 2. The van der Waals surface area contributed by atoms with Gasteiger partial charge in [-0.05, 0) is 49.1 Å². The minimum absolute atomic E-state index is 0.204. The summed E-state index contributed by atoms with van der Waals surface area (Å²) in [6, 6.07) is 10.0. The first kappa shape index (κ1) is 34.8. The van der Waals surface area contributed by atoms with Crippen LogP contribution >= 0.6 is 0 Å². The quantitative estimate of drug-likeness (QED) is 0.206. The number of fused-ring (bicyclic) bond motifs is 1. The van der Waals surface area contributed by atoms with Crippen LogP contribution in [0.1, 0.15) is 42.3 Å². The summed E-state index contributed by atoms with van der Waals surface area (Å²) < 4.78 is 47.6. The van der Waals surface area contributed by atoms with E-state index in [-0.39, 0.29) is 23.3 Å². The number of rotatable bonds is 9. The number of likely N-dealkylation sites (tertiary alicyclic amines) is 1. The highest BCUT2D eigenvalue weighted by Gasteiger charge is 2.32. The van der Waals surface area contributed by atoms with Crippen molar-refractivity contribution >= 4 is 34.7 Å². The number of alkyl halides is 1. The first-order chi connectivity index (χ1) is 25.7. The van der Waals surface area contributed by atoms with Crippen molar-refractivity contribution in [1.29, 1.82) is 0 Å². The summed E-state index contributed by atoms with van der Waals surface area (Å²) in [5.41, 5.74) is 4.11. The SMILES string of the molecule is Cc1cc(-c2cnc(Nc3cnn([C@H]4CCN(CCN5CCN(c6ccc(C7CCC(=O)NC7=O)cc6)CC5)C[C@H]4F)c3)c3nccn23)c(F)cc1F. The van der Waals surface area contributed by atoms with Crippen molar-refractivity contribution < 1.29 is 22.8 Å². The van der Waals surface area contributed by atoms with Crippen molar-refractivity contribution in [3.8, 4) is 11.3 Å². The summed E-state index contributed by atoms with van der Waals surface area (Å²) in [7, 11) is 0. The number of piperazine rings is 1. The zero-order chi connectivity index (χ0) is 36.6. The molecule has 5 aromatic rings. The Morgan fingerprint density at radius 3 is 2.49 bits per heavy atom. The summed E-state index contributed by atoms with van der Waals surface area (Å²) in [6.07, 6.45) is 8.64. The van der Waals surface area contributed by atoms with E-state index in [2.05, 4.69) is 52.5 Å². The molecule has 3 fully saturated rings. The zero-order valence-electron chi connectivity index (χ0n) is 29.4. The maximum Gasteiger partial charge on any atom is 0.234 e. The van der Waals surface area contributed by atoms with E-state index in [1.165, 1.54) is 12.3 Å². The van der Waals surface area contributed by atoms with Gasteiger partial charge in [0.2, 0.25) is 11.8 Å². The van der Waals surface area contributed by atoms with Gasteiger partial charge in [0.25, 0.3) is 0 Å². The fourth-order valence-corrected chi connectivity index (χ4v) is 7.68. The van der Waals surface area contributed by atoms with Crippen LogP contribution in [0.15, 0.2) is 67.4 Å². The number of aryl methyl sites for hydroxylation is 1. The van der Waals surface area contributed by atoms with Crippen molar-refractivity contribution in [3.05, 3.63) is 90.1 Å². The summed E-state index contributed by atoms with van der Waals surface area (Å²) >= 11 is 0. The molecule has 15 heteroatoms. The second-order valence-corrected chi connectivity index (χ2v) is 14.1. The van der Waals surface area contributed by atoms with Gasteiger partial charge < -0.3 is 10.2 Å². The fourth-order valence-electron chi connectivity index (χ4n) is 7.68. The van der Waals surface area contributed by atoms with Crippen LogP contribution in [0.3, 0.4) is 0 Å². The zero-order valence-corrected chi connectivity index (χ0v) is 29.4. The molecule has 3 saturated heterocycles. The van der Waals surface area contributed by atoms with Gasteiger partial charge in [-0.3, -0.25) is 33.8 Å². The number of piperidine rings is 2. The maximum atomic E-state index is 15.6. The number of nitrogens with zero attached hydrogens (tertiary/aromatic N) is 8. The highest BCUT2D eigenvalue weighted by molar-refractivity contribution is 6.01. The number of nitrogens with one attached hydrogen (secondary N) is 2. The van der Waals surface area contributed by atoms with E-state index in [0.717, 1.165) is 63.1 Å². The molecule has 0 saturated carbocycles. The Morgan fingerprint density at radius 2 is 1.72 bits per heavy atom. The van der Waals surface area contributed by atoms with Gasteiger partial charge in [0.15, 0.2) is 11.5 Å². The molecule has 2 amide bonds. The predicted molar refractivity (Wildman–Crippen MR) is 194 cm³/mol. The molecule has 8 rings (SSSR count). The molecule has 3 aromatic heterocycles. The molecule has 3 aliphatic heterocycles. The van der Waals surface area contributed by atoms with Crippen LogP contribution in [0.25, 0.3) is 16.9 Å². The number of halogens is 3. The number of carbonyl (C=O) groups excluding carboxylic acids is 2. The lowest BCUT2D eigenvalue weighted by Gasteiger charge is -2.39. The van der Waals surface area contributed by atoms with Crippen LogP contribution in [-0.2, 0) is 9.59 Å². The molecule has 0 radical (unpaired) electrons. The number of carbonyl (C=O) groups is 2. The van der Waals surface area contributed by atoms with Gasteiger partial charge in [0, 0.05) is 94.7 Å². The molecule has 0 spiro atoms. The van der Waals surface area contributed by atoms with Gasteiger partial charge in [-0.1, -0.05) is 12.1 Å². The van der Waals surface area contributed by atoms with Crippen LogP contribution < -0.4 is 15.5 Å². The van der Waals surface area contributed by atoms with Crippen LogP contribution in [0, 0.1) is 18.6 Å². The number of amides is 2. The highest BCUT2D eigenvalue weighted by atomic mass is 19.1. The predicted octanol–water partition coefficient (Wildman–Crippen LogP) is 4.85. The molecule has 6 heterocycles. The minimum Gasteiger partial charge on any atom is -0.369 e. The van der Waals surface area contributed by atoms with E-state index in [0.29, 0.717) is 54.2 Å². The third-order valence-electron chi connectivity index (χ3n) is 10.8. The molecule has 12 nitrogen and oxygen atoms in total. The molecule has 3 aliphatic rings. The normalized spacial score (nSPS) is 21.7. The largest absolute Gasteiger partial charge is 0.369 e. The lowest BCUT2D eigenvalue weighted by atomic mass is 9.90. The van der Waals surface area contributed by atoms with Crippen molar-refractivity contribution in [2.75, 3.05) is 62.6 Å². The lowest BCUT2D eigenvalue weighted by Crippen LogP contribution is -2.50. The first-order valence-corrected chi connectivity index (χ1v) is 18.1. The average Bonchev–Trinajstić information content (AvgIpc) is 3.84. The number of imidazole rings is 1. The Balaban J connectivity index is 0.815. The molecule has 2 aromatic carbocycles. The molecule has 276 valence electrons. The number of aromatic nitrogens is 5. The number of imide groups is 1. The van der Waals surface area contributed by atoms with Crippen molar-refractivity contribution in [1.82, 2.24) is 39.3 Å². The van der Waals surface area contributed by atoms with Gasteiger partial charge in [-0.25, -0.2) is 23.1 Å². The van der Waals surface area contributed by atoms with E-state index in [9.17, 15) is 18.4 Å². The van der Waals surface area contributed by atoms with Gasteiger partial charge in [-0.15, -0.1) is 0 Å². The first-order valence-electron chi connectivity index (χ1n) is 18.1. The van der Waals surface area contributed by atoms with Crippen LogP contribution in [0.5, 0.6) is 0 Å². The summed E-state index contributed by atoms with van der Waals surface area (Å²) in [4.78, 5) is 39.6. The van der Waals surface area contributed by atoms with Gasteiger partial charge >= 0.3 is 0 Å². The van der Waals surface area contributed by atoms with Crippen LogP contribution in [0.2, 0.25) is 0 Å². The number of anilines is 3. The second kappa shape index (κ2) is 14.6. The lowest BCUT2D eigenvalue weighted by molar-refractivity contribution is -0.134.